The highest BCUT2D eigenvalue weighted by atomic mass is 35.5. The monoisotopic (exact) mass is 321 g/mol. The zero-order valence-electron chi connectivity index (χ0n) is 11.9. The Hall–Kier alpha value is -1.32. The fourth-order valence-corrected chi connectivity index (χ4v) is 3.04. The van der Waals surface area contributed by atoms with Crippen LogP contribution in [0.4, 0.5) is 5.82 Å². The van der Waals surface area contributed by atoms with Gasteiger partial charge in [0.25, 0.3) is 0 Å². The third-order valence-corrected chi connectivity index (χ3v) is 4.59. The maximum Gasteiger partial charge on any atom is 0.161 e. The number of hydrogen-bond acceptors (Lipinski definition) is 3. The Morgan fingerprint density at radius 3 is 2.57 bits per heavy atom. The number of aromatic nitrogens is 2. The molecular formula is C16H17Cl2N3. The summed E-state index contributed by atoms with van der Waals surface area (Å²) in [6, 6.07) is 5.52. The van der Waals surface area contributed by atoms with Crippen molar-refractivity contribution in [3.63, 3.8) is 0 Å². The molecule has 110 valence electrons. The van der Waals surface area contributed by atoms with Crippen molar-refractivity contribution in [2.75, 3.05) is 12.4 Å². The molecule has 3 rings (SSSR count). The van der Waals surface area contributed by atoms with Gasteiger partial charge < -0.3 is 5.32 Å². The van der Waals surface area contributed by atoms with Gasteiger partial charge in [0.05, 0.1) is 10.0 Å². The van der Waals surface area contributed by atoms with Crippen molar-refractivity contribution < 1.29 is 0 Å². The highest BCUT2D eigenvalue weighted by Crippen LogP contribution is 2.30. The summed E-state index contributed by atoms with van der Waals surface area (Å²) < 4.78 is 0. The number of benzene rings is 1. The molecule has 3 nitrogen and oxygen atoms in total. The van der Waals surface area contributed by atoms with Crippen LogP contribution in [0.15, 0.2) is 18.2 Å². The predicted molar refractivity (Wildman–Crippen MR) is 88.3 cm³/mol. The van der Waals surface area contributed by atoms with Crippen LogP contribution < -0.4 is 5.32 Å². The maximum atomic E-state index is 6.10. The lowest BCUT2D eigenvalue weighted by molar-refractivity contribution is 0.709. The second-order valence-electron chi connectivity index (χ2n) is 5.26. The summed E-state index contributed by atoms with van der Waals surface area (Å²) in [6.07, 6.45) is 5.71. The minimum atomic E-state index is 0.527. The van der Waals surface area contributed by atoms with Crippen molar-refractivity contribution >= 4 is 29.0 Å². The second kappa shape index (κ2) is 6.20. The van der Waals surface area contributed by atoms with E-state index in [9.17, 15) is 0 Å². The van der Waals surface area contributed by atoms with Gasteiger partial charge in [0.2, 0.25) is 0 Å². The maximum absolute atomic E-state index is 6.10. The van der Waals surface area contributed by atoms with Crippen molar-refractivity contribution in [3.8, 4) is 11.4 Å². The first-order valence-corrected chi connectivity index (χ1v) is 7.97. The number of anilines is 1. The third-order valence-electron chi connectivity index (χ3n) is 3.85. The number of aryl methyl sites for hydroxylation is 1. The smallest absolute Gasteiger partial charge is 0.161 e. The van der Waals surface area contributed by atoms with Gasteiger partial charge in [-0.1, -0.05) is 29.6 Å². The molecule has 0 radical (unpaired) electrons. The first-order chi connectivity index (χ1) is 10.2. The Balaban J connectivity index is 2.10. The van der Waals surface area contributed by atoms with Crippen LogP contribution in [0.3, 0.4) is 0 Å². The molecule has 0 saturated carbocycles. The van der Waals surface area contributed by atoms with E-state index in [0.717, 1.165) is 29.9 Å². The van der Waals surface area contributed by atoms with Gasteiger partial charge in [0, 0.05) is 23.9 Å². The van der Waals surface area contributed by atoms with E-state index >= 15 is 0 Å². The average Bonchev–Trinajstić information content (AvgIpc) is 2.74. The Bertz CT molecular complexity index is 671. The molecule has 1 aromatic heterocycles. The van der Waals surface area contributed by atoms with E-state index in [0.29, 0.717) is 15.9 Å². The molecule has 21 heavy (non-hydrogen) atoms. The van der Waals surface area contributed by atoms with Crippen LogP contribution in [-0.2, 0) is 12.8 Å². The summed E-state index contributed by atoms with van der Waals surface area (Å²) >= 11 is 12.1. The lowest BCUT2D eigenvalue weighted by Crippen LogP contribution is -2.06. The van der Waals surface area contributed by atoms with E-state index in [-0.39, 0.29) is 0 Å². The third kappa shape index (κ3) is 2.99. The summed E-state index contributed by atoms with van der Waals surface area (Å²) in [4.78, 5) is 9.43. The van der Waals surface area contributed by atoms with E-state index in [1.807, 2.05) is 19.2 Å². The molecule has 2 aromatic rings. The molecule has 1 aromatic carbocycles. The number of hydrogen-bond donors (Lipinski definition) is 1. The van der Waals surface area contributed by atoms with Crippen LogP contribution in [-0.4, -0.2) is 17.0 Å². The van der Waals surface area contributed by atoms with Gasteiger partial charge in [-0.3, -0.25) is 0 Å². The van der Waals surface area contributed by atoms with Gasteiger partial charge >= 0.3 is 0 Å². The van der Waals surface area contributed by atoms with Gasteiger partial charge in [-0.15, -0.1) is 0 Å². The van der Waals surface area contributed by atoms with Crippen LogP contribution in [0.2, 0.25) is 10.0 Å². The molecule has 0 unspecified atom stereocenters. The van der Waals surface area contributed by atoms with E-state index in [1.54, 1.807) is 6.07 Å². The quantitative estimate of drug-likeness (QED) is 0.810. The number of halogens is 2. The van der Waals surface area contributed by atoms with Crippen molar-refractivity contribution in [3.05, 3.63) is 39.5 Å². The fourth-order valence-electron chi connectivity index (χ4n) is 2.74. The van der Waals surface area contributed by atoms with E-state index in [2.05, 4.69) is 10.3 Å². The zero-order chi connectivity index (χ0) is 14.8. The molecule has 0 amide bonds. The Labute approximate surface area is 134 Å². The molecule has 0 spiro atoms. The molecule has 1 N–H and O–H groups in total. The number of nitrogens with one attached hydrogen (secondary N) is 1. The summed E-state index contributed by atoms with van der Waals surface area (Å²) in [7, 11) is 1.91. The van der Waals surface area contributed by atoms with Crippen molar-refractivity contribution in [1.82, 2.24) is 9.97 Å². The van der Waals surface area contributed by atoms with E-state index < -0.39 is 0 Å². The largest absolute Gasteiger partial charge is 0.373 e. The van der Waals surface area contributed by atoms with Gasteiger partial charge in [0.1, 0.15) is 5.82 Å². The first-order valence-electron chi connectivity index (χ1n) is 7.22. The minimum absolute atomic E-state index is 0.527. The van der Waals surface area contributed by atoms with Gasteiger partial charge in [0.15, 0.2) is 5.82 Å². The second-order valence-corrected chi connectivity index (χ2v) is 6.08. The molecular weight excluding hydrogens is 305 g/mol. The molecule has 0 bridgehead atoms. The topological polar surface area (TPSA) is 37.8 Å². The Kier molecular flexibility index (Phi) is 4.32. The number of fused-ring (bicyclic) bond motifs is 1. The Morgan fingerprint density at radius 1 is 1.00 bits per heavy atom. The fraction of sp³-hybridized carbons (Fsp3) is 0.375. The molecule has 0 saturated heterocycles. The van der Waals surface area contributed by atoms with Crippen LogP contribution in [0.5, 0.6) is 0 Å². The molecule has 1 aliphatic rings. The van der Waals surface area contributed by atoms with E-state index in [1.165, 1.54) is 24.8 Å². The molecule has 1 aliphatic carbocycles. The zero-order valence-corrected chi connectivity index (χ0v) is 13.4. The average molecular weight is 322 g/mol. The van der Waals surface area contributed by atoms with E-state index in [4.69, 9.17) is 28.2 Å². The molecule has 5 heteroatoms. The van der Waals surface area contributed by atoms with Crippen molar-refractivity contribution in [2.24, 2.45) is 0 Å². The highest BCUT2D eigenvalue weighted by molar-refractivity contribution is 6.42. The van der Waals surface area contributed by atoms with Gasteiger partial charge in [-0.2, -0.15) is 0 Å². The lowest BCUT2D eigenvalue weighted by atomic mass is 10.1. The lowest BCUT2D eigenvalue weighted by Gasteiger charge is -2.13. The molecule has 0 atom stereocenters. The normalized spacial score (nSPS) is 14.4. The van der Waals surface area contributed by atoms with Gasteiger partial charge in [-0.25, -0.2) is 9.97 Å². The highest BCUT2D eigenvalue weighted by Gasteiger charge is 2.17. The number of rotatable bonds is 2. The number of nitrogens with zero attached hydrogens (tertiary/aromatic N) is 2. The van der Waals surface area contributed by atoms with Crippen molar-refractivity contribution in [2.45, 2.75) is 32.1 Å². The first kappa shape index (κ1) is 14.6. The van der Waals surface area contributed by atoms with Crippen LogP contribution in [0, 0.1) is 0 Å². The SMILES string of the molecule is CNc1nc(-c2ccc(Cl)c(Cl)c2)nc2c1CCCCC2. The van der Waals surface area contributed by atoms with Crippen LogP contribution in [0.1, 0.15) is 30.5 Å². The molecule has 1 heterocycles. The summed E-state index contributed by atoms with van der Waals surface area (Å²) in [5.74, 6) is 1.64. The predicted octanol–water partition coefficient (Wildman–Crippen LogP) is 4.76. The summed E-state index contributed by atoms with van der Waals surface area (Å²) in [6.45, 7) is 0. The minimum Gasteiger partial charge on any atom is -0.373 e. The Morgan fingerprint density at radius 2 is 1.81 bits per heavy atom. The standard InChI is InChI=1S/C16H17Cl2N3/c1-19-16-11-5-3-2-4-6-14(11)20-15(21-16)10-7-8-12(17)13(18)9-10/h7-9H,2-6H2,1H3,(H,19,20,21). The van der Waals surface area contributed by atoms with Crippen molar-refractivity contribution in [1.29, 1.82) is 0 Å². The van der Waals surface area contributed by atoms with Crippen LogP contribution >= 0.6 is 23.2 Å². The van der Waals surface area contributed by atoms with Crippen LogP contribution in [0.25, 0.3) is 11.4 Å². The molecule has 0 fully saturated rings. The summed E-state index contributed by atoms with van der Waals surface area (Å²) in [5.41, 5.74) is 3.32. The molecule has 0 aliphatic heterocycles. The van der Waals surface area contributed by atoms with Gasteiger partial charge in [-0.05, 0) is 43.9 Å². The summed E-state index contributed by atoms with van der Waals surface area (Å²) in [5, 5.41) is 4.28.